The van der Waals surface area contributed by atoms with Gasteiger partial charge in [-0.1, -0.05) is 11.6 Å². The summed E-state index contributed by atoms with van der Waals surface area (Å²) in [6.07, 6.45) is -0.474. The molecule has 0 radical (unpaired) electrons. The van der Waals surface area contributed by atoms with E-state index in [1.54, 1.807) is 0 Å². The van der Waals surface area contributed by atoms with Crippen LogP contribution in [-0.2, 0) is 0 Å². The SMILES string of the molecule is Fc1cnc(Cl)c2ncc(OCC(F)F)cc12. The van der Waals surface area contributed by atoms with Crippen molar-refractivity contribution in [3.05, 3.63) is 29.4 Å². The lowest BCUT2D eigenvalue weighted by molar-refractivity contribution is 0.0818. The molecule has 0 aromatic carbocycles. The lowest BCUT2D eigenvalue weighted by Crippen LogP contribution is -2.07. The van der Waals surface area contributed by atoms with Crippen molar-refractivity contribution in [1.82, 2.24) is 9.97 Å². The zero-order valence-electron chi connectivity index (χ0n) is 8.33. The van der Waals surface area contributed by atoms with Crippen LogP contribution in [-0.4, -0.2) is 23.0 Å². The van der Waals surface area contributed by atoms with Gasteiger partial charge in [0.25, 0.3) is 6.43 Å². The highest BCUT2D eigenvalue weighted by Crippen LogP contribution is 2.25. The van der Waals surface area contributed by atoms with E-state index in [2.05, 4.69) is 9.97 Å². The molecule has 0 bridgehead atoms. The van der Waals surface area contributed by atoms with Crippen molar-refractivity contribution >= 4 is 22.5 Å². The highest BCUT2D eigenvalue weighted by atomic mass is 35.5. The Hall–Kier alpha value is -1.56. The van der Waals surface area contributed by atoms with Gasteiger partial charge in [-0.05, 0) is 6.07 Å². The number of hydrogen-bond donors (Lipinski definition) is 0. The van der Waals surface area contributed by atoms with Gasteiger partial charge in [-0.2, -0.15) is 0 Å². The molecule has 0 fully saturated rings. The number of halogens is 4. The van der Waals surface area contributed by atoms with Crippen LogP contribution in [0.25, 0.3) is 10.9 Å². The minimum atomic E-state index is -2.60. The van der Waals surface area contributed by atoms with Gasteiger partial charge in [0.05, 0.1) is 12.4 Å². The molecule has 0 spiro atoms. The Morgan fingerprint density at radius 1 is 1.29 bits per heavy atom. The largest absolute Gasteiger partial charge is 0.486 e. The predicted octanol–water partition coefficient (Wildman–Crippen LogP) is 3.07. The fourth-order valence-electron chi connectivity index (χ4n) is 1.27. The summed E-state index contributed by atoms with van der Waals surface area (Å²) in [5.41, 5.74) is 0.163. The number of ether oxygens (including phenoxy) is 1. The summed E-state index contributed by atoms with van der Waals surface area (Å²) in [5.74, 6) is -0.585. The van der Waals surface area contributed by atoms with Crippen molar-refractivity contribution in [2.75, 3.05) is 6.61 Å². The number of alkyl halides is 2. The minimum absolute atomic E-state index is 0.0433. The van der Waals surface area contributed by atoms with Gasteiger partial charge < -0.3 is 4.74 Å². The second kappa shape index (κ2) is 4.75. The van der Waals surface area contributed by atoms with Crippen molar-refractivity contribution in [3.63, 3.8) is 0 Å². The quantitative estimate of drug-likeness (QED) is 0.798. The van der Waals surface area contributed by atoms with Gasteiger partial charge in [-0.25, -0.2) is 23.1 Å². The predicted molar refractivity (Wildman–Crippen MR) is 56.0 cm³/mol. The molecule has 0 aliphatic heterocycles. The molecule has 0 amide bonds. The Bertz CT molecular complexity index is 550. The molecule has 7 heteroatoms. The van der Waals surface area contributed by atoms with Crippen LogP contribution in [0.2, 0.25) is 5.15 Å². The number of hydrogen-bond acceptors (Lipinski definition) is 3. The van der Waals surface area contributed by atoms with Crippen molar-refractivity contribution in [2.45, 2.75) is 6.43 Å². The van der Waals surface area contributed by atoms with Crippen LogP contribution in [0, 0.1) is 5.82 Å². The lowest BCUT2D eigenvalue weighted by atomic mass is 10.2. The Morgan fingerprint density at radius 2 is 2.06 bits per heavy atom. The van der Waals surface area contributed by atoms with E-state index in [4.69, 9.17) is 16.3 Å². The van der Waals surface area contributed by atoms with E-state index in [9.17, 15) is 13.2 Å². The first-order valence-electron chi connectivity index (χ1n) is 4.58. The topological polar surface area (TPSA) is 35.0 Å². The fourth-order valence-corrected chi connectivity index (χ4v) is 1.47. The van der Waals surface area contributed by atoms with Crippen molar-refractivity contribution in [3.8, 4) is 5.75 Å². The number of nitrogens with zero attached hydrogens (tertiary/aromatic N) is 2. The molecular formula is C10H6ClF3N2O. The number of aromatic nitrogens is 2. The Labute approximate surface area is 99.2 Å². The first kappa shape index (κ1) is 11.9. The molecule has 2 heterocycles. The van der Waals surface area contributed by atoms with Gasteiger partial charge in [0.1, 0.15) is 17.9 Å². The second-order valence-electron chi connectivity index (χ2n) is 3.17. The van der Waals surface area contributed by atoms with Gasteiger partial charge in [0.15, 0.2) is 11.0 Å². The molecule has 0 aliphatic carbocycles. The molecule has 0 aliphatic rings. The van der Waals surface area contributed by atoms with Crippen LogP contribution < -0.4 is 4.74 Å². The third-order valence-electron chi connectivity index (χ3n) is 1.98. The van der Waals surface area contributed by atoms with Crippen LogP contribution >= 0.6 is 11.6 Å². The maximum atomic E-state index is 13.4. The minimum Gasteiger partial charge on any atom is -0.486 e. The summed E-state index contributed by atoms with van der Waals surface area (Å²) >= 11 is 5.71. The molecule has 0 saturated carbocycles. The van der Waals surface area contributed by atoms with E-state index in [1.165, 1.54) is 12.3 Å². The van der Waals surface area contributed by atoms with Gasteiger partial charge in [-0.15, -0.1) is 0 Å². The van der Waals surface area contributed by atoms with Crippen LogP contribution in [0.4, 0.5) is 13.2 Å². The van der Waals surface area contributed by atoms with E-state index in [1.807, 2.05) is 0 Å². The van der Waals surface area contributed by atoms with Crippen molar-refractivity contribution in [2.24, 2.45) is 0 Å². The number of rotatable bonds is 3. The Balaban J connectivity index is 2.39. The van der Waals surface area contributed by atoms with E-state index in [0.29, 0.717) is 0 Å². The van der Waals surface area contributed by atoms with Crippen LogP contribution in [0.3, 0.4) is 0 Å². The first-order valence-corrected chi connectivity index (χ1v) is 4.96. The van der Waals surface area contributed by atoms with Crippen molar-refractivity contribution in [1.29, 1.82) is 0 Å². The summed E-state index contributed by atoms with van der Waals surface area (Å²) < 4.78 is 42.0. The third-order valence-corrected chi connectivity index (χ3v) is 2.26. The highest BCUT2D eigenvalue weighted by Gasteiger charge is 2.10. The van der Waals surface area contributed by atoms with E-state index >= 15 is 0 Å². The maximum Gasteiger partial charge on any atom is 0.272 e. The zero-order chi connectivity index (χ0) is 12.4. The van der Waals surface area contributed by atoms with E-state index < -0.39 is 18.8 Å². The van der Waals surface area contributed by atoms with Crippen LogP contribution in [0.1, 0.15) is 0 Å². The number of fused-ring (bicyclic) bond motifs is 1. The van der Waals surface area contributed by atoms with E-state index in [-0.39, 0.29) is 21.8 Å². The molecule has 90 valence electrons. The fraction of sp³-hybridized carbons (Fsp3) is 0.200. The molecule has 0 saturated heterocycles. The van der Waals surface area contributed by atoms with Crippen LogP contribution in [0.5, 0.6) is 5.75 Å². The smallest absolute Gasteiger partial charge is 0.272 e. The molecular weight excluding hydrogens is 257 g/mol. The second-order valence-corrected chi connectivity index (χ2v) is 3.52. The van der Waals surface area contributed by atoms with Gasteiger partial charge in [0.2, 0.25) is 0 Å². The maximum absolute atomic E-state index is 13.4. The summed E-state index contributed by atoms with van der Waals surface area (Å²) in [6, 6.07) is 1.26. The number of pyridine rings is 2. The van der Waals surface area contributed by atoms with Crippen molar-refractivity contribution < 1.29 is 17.9 Å². The summed E-state index contributed by atoms with van der Waals surface area (Å²) in [6.45, 7) is -0.770. The zero-order valence-corrected chi connectivity index (χ0v) is 9.09. The summed E-state index contributed by atoms with van der Waals surface area (Å²) in [5, 5.41) is 0.124. The molecule has 0 unspecified atom stereocenters. The molecule has 2 aromatic rings. The lowest BCUT2D eigenvalue weighted by Gasteiger charge is -2.06. The average Bonchev–Trinajstić information content (AvgIpc) is 2.31. The molecule has 17 heavy (non-hydrogen) atoms. The van der Waals surface area contributed by atoms with Gasteiger partial charge in [0, 0.05) is 5.39 Å². The molecule has 0 N–H and O–H groups in total. The van der Waals surface area contributed by atoms with Gasteiger partial charge in [-0.3, -0.25) is 0 Å². The highest BCUT2D eigenvalue weighted by molar-refractivity contribution is 6.33. The average molecular weight is 263 g/mol. The molecule has 2 rings (SSSR count). The third kappa shape index (κ3) is 2.58. The Morgan fingerprint density at radius 3 is 2.76 bits per heavy atom. The Kier molecular flexibility index (Phi) is 3.33. The van der Waals surface area contributed by atoms with Crippen LogP contribution in [0.15, 0.2) is 18.5 Å². The monoisotopic (exact) mass is 262 g/mol. The normalized spacial score (nSPS) is 11.1. The standard InChI is InChI=1S/C10H6ClF3N2O/c11-10-9-6(7(12)3-16-10)1-5(2-15-9)17-4-8(13)14/h1-3,8H,4H2. The molecule has 0 atom stereocenters. The molecule has 2 aromatic heterocycles. The summed E-state index contributed by atoms with van der Waals surface area (Å²) in [7, 11) is 0. The van der Waals surface area contributed by atoms with Gasteiger partial charge >= 0.3 is 0 Å². The summed E-state index contributed by atoms with van der Waals surface area (Å²) in [4.78, 5) is 7.39. The molecule has 3 nitrogen and oxygen atoms in total. The first-order chi connectivity index (χ1) is 8.08. The van der Waals surface area contributed by atoms with E-state index in [0.717, 1.165) is 6.20 Å².